The molecule has 0 saturated carbocycles. The Morgan fingerprint density at radius 3 is 2.42 bits per heavy atom. The van der Waals surface area contributed by atoms with Crippen LogP contribution in [0, 0.1) is 0 Å². The number of aliphatic hydroxyl groups is 1. The number of hydrogen-bond donors (Lipinski definition) is 4. The number of benzene rings is 1. The summed E-state index contributed by atoms with van der Waals surface area (Å²) in [6, 6.07) is 1.92. The summed E-state index contributed by atoms with van der Waals surface area (Å²) in [5.74, 6) is -1.59. The fraction of sp³-hybridized carbons (Fsp3) is 0.429. The van der Waals surface area contributed by atoms with Gasteiger partial charge >= 0.3 is 18.2 Å². The van der Waals surface area contributed by atoms with E-state index in [1.807, 2.05) is 10.6 Å². The van der Waals surface area contributed by atoms with Gasteiger partial charge < -0.3 is 25.6 Å². The average molecular weight is 350 g/mol. The van der Waals surface area contributed by atoms with E-state index in [2.05, 4.69) is 0 Å². The number of anilines is 1. The lowest BCUT2D eigenvalue weighted by Crippen LogP contribution is -2.47. The Balaban J connectivity index is 2.90. The number of amides is 2. The molecule has 7 nitrogen and oxygen atoms in total. The van der Waals surface area contributed by atoms with Crippen molar-refractivity contribution in [2.45, 2.75) is 25.6 Å². The zero-order valence-electron chi connectivity index (χ0n) is 12.9. The summed E-state index contributed by atoms with van der Waals surface area (Å²) in [6.45, 7) is 2.04. The van der Waals surface area contributed by atoms with Gasteiger partial charge in [0.1, 0.15) is 5.75 Å². The van der Waals surface area contributed by atoms with Crippen LogP contribution in [0.15, 0.2) is 18.2 Å². The van der Waals surface area contributed by atoms with E-state index < -0.39 is 41.6 Å². The van der Waals surface area contributed by atoms with E-state index in [1.54, 1.807) is 6.92 Å². The minimum Gasteiger partial charge on any atom is -0.494 e. The number of hydrogen-bond acceptors (Lipinski definition) is 4. The Morgan fingerprint density at radius 2 is 1.92 bits per heavy atom. The number of carbonyl (C=O) groups is 2. The highest BCUT2D eigenvalue weighted by Crippen LogP contribution is 2.37. The van der Waals surface area contributed by atoms with Gasteiger partial charge in [-0.3, -0.25) is 0 Å². The molecule has 134 valence electrons. The summed E-state index contributed by atoms with van der Waals surface area (Å²) < 4.78 is 44.2. The Kier molecular flexibility index (Phi) is 6.02. The molecule has 0 spiro atoms. The van der Waals surface area contributed by atoms with Gasteiger partial charge in [-0.2, -0.15) is 13.2 Å². The first-order chi connectivity index (χ1) is 11.0. The Hall–Kier alpha value is -2.49. The van der Waals surface area contributed by atoms with Gasteiger partial charge in [0.05, 0.1) is 24.4 Å². The quantitative estimate of drug-likeness (QED) is 0.628. The molecule has 0 aliphatic rings. The third-order valence-corrected chi connectivity index (χ3v) is 2.91. The molecule has 1 aromatic rings. The second kappa shape index (κ2) is 7.39. The molecule has 0 aliphatic carbocycles. The fourth-order valence-electron chi connectivity index (χ4n) is 1.62. The number of alkyl halides is 3. The largest absolute Gasteiger partial charge is 0.494 e. The lowest BCUT2D eigenvalue weighted by Gasteiger charge is -2.19. The SMILES string of the molecule is CCOc1ccc(NC(=O)NCC(C)(O)C(=O)O)c(C(F)(F)F)c1. The van der Waals surface area contributed by atoms with Gasteiger partial charge in [0, 0.05) is 0 Å². The zero-order valence-corrected chi connectivity index (χ0v) is 12.9. The summed E-state index contributed by atoms with van der Waals surface area (Å²) >= 11 is 0. The summed E-state index contributed by atoms with van der Waals surface area (Å²) in [5, 5.41) is 22.1. The molecule has 1 atom stereocenters. The maximum Gasteiger partial charge on any atom is 0.418 e. The summed E-state index contributed by atoms with van der Waals surface area (Å²) in [6.07, 6.45) is -4.73. The van der Waals surface area contributed by atoms with Crippen molar-refractivity contribution in [1.82, 2.24) is 5.32 Å². The van der Waals surface area contributed by atoms with Crippen LogP contribution in [0.1, 0.15) is 19.4 Å². The second-order valence-corrected chi connectivity index (χ2v) is 5.02. The molecule has 0 heterocycles. The molecule has 0 aromatic heterocycles. The Bertz CT molecular complexity index is 617. The molecule has 2 amide bonds. The van der Waals surface area contributed by atoms with E-state index >= 15 is 0 Å². The first-order valence-electron chi connectivity index (χ1n) is 6.82. The summed E-state index contributed by atoms with van der Waals surface area (Å²) in [5.41, 5.74) is -3.89. The molecule has 1 rings (SSSR count). The van der Waals surface area contributed by atoms with Crippen molar-refractivity contribution in [3.05, 3.63) is 23.8 Å². The number of ether oxygens (including phenoxy) is 1. The normalized spacial score (nSPS) is 13.8. The lowest BCUT2D eigenvalue weighted by atomic mass is 10.1. The molecule has 1 aromatic carbocycles. The molecule has 4 N–H and O–H groups in total. The molecule has 0 fully saturated rings. The number of aliphatic carboxylic acids is 1. The Morgan fingerprint density at radius 1 is 1.29 bits per heavy atom. The summed E-state index contributed by atoms with van der Waals surface area (Å²) in [4.78, 5) is 22.3. The number of rotatable bonds is 6. The third-order valence-electron chi connectivity index (χ3n) is 2.91. The number of halogens is 3. The highest BCUT2D eigenvalue weighted by atomic mass is 19.4. The molecule has 10 heteroatoms. The number of carboxylic acids is 1. The van der Waals surface area contributed by atoms with Crippen LogP contribution in [0.25, 0.3) is 0 Å². The van der Waals surface area contributed by atoms with Crippen LogP contribution in [-0.2, 0) is 11.0 Å². The maximum atomic E-state index is 13.1. The van der Waals surface area contributed by atoms with Gasteiger partial charge in [-0.05, 0) is 32.0 Å². The molecule has 1 unspecified atom stereocenters. The van der Waals surface area contributed by atoms with Crippen molar-refractivity contribution in [2.75, 3.05) is 18.5 Å². The van der Waals surface area contributed by atoms with Crippen LogP contribution >= 0.6 is 0 Å². The first kappa shape index (κ1) is 19.6. The van der Waals surface area contributed by atoms with Gasteiger partial charge in [0.2, 0.25) is 0 Å². The van der Waals surface area contributed by atoms with Crippen LogP contribution in [0.3, 0.4) is 0 Å². The highest BCUT2D eigenvalue weighted by molar-refractivity contribution is 5.91. The molecular formula is C14H17F3N2O5. The first-order valence-corrected chi connectivity index (χ1v) is 6.82. The van der Waals surface area contributed by atoms with Gasteiger partial charge in [-0.1, -0.05) is 0 Å². The fourth-order valence-corrected chi connectivity index (χ4v) is 1.62. The monoisotopic (exact) mass is 350 g/mol. The predicted molar refractivity (Wildman–Crippen MR) is 77.9 cm³/mol. The number of carbonyl (C=O) groups excluding carboxylic acids is 1. The van der Waals surface area contributed by atoms with E-state index in [0.29, 0.717) is 0 Å². The lowest BCUT2D eigenvalue weighted by molar-refractivity contribution is -0.155. The molecule has 24 heavy (non-hydrogen) atoms. The van der Waals surface area contributed by atoms with E-state index in [1.165, 1.54) is 6.07 Å². The van der Waals surface area contributed by atoms with Crippen molar-refractivity contribution in [2.24, 2.45) is 0 Å². The van der Waals surface area contributed by atoms with Crippen molar-refractivity contribution in [3.8, 4) is 5.75 Å². The minimum atomic E-state index is -4.73. The van der Waals surface area contributed by atoms with Crippen molar-refractivity contribution in [3.63, 3.8) is 0 Å². The summed E-state index contributed by atoms with van der Waals surface area (Å²) in [7, 11) is 0. The van der Waals surface area contributed by atoms with Gasteiger partial charge in [-0.25, -0.2) is 9.59 Å². The third kappa shape index (κ3) is 5.30. The maximum absolute atomic E-state index is 13.1. The topological polar surface area (TPSA) is 108 Å². The number of urea groups is 1. The van der Waals surface area contributed by atoms with Crippen molar-refractivity contribution >= 4 is 17.7 Å². The molecule has 0 aliphatic heterocycles. The molecule has 0 bridgehead atoms. The van der Waals surface area contributed by atoms with Crippen molar-refractivity contribution < 1.29 is 37.7 Å². The second-order valence-electron chi connectivity index (χ2n) is 5.02. The number of carboxylic acid groups (broad SMARTS) is 1. The minimum absolute atomic E-state index is 0.00964. The standard InChI is InChI=1S/C14H17F3N2O5/c1-3-24-8-4-5-10(9(6-8)14(15,16)17)19-12(22)18-7-13(2,23)11(20)21/h4-6,23H,3,7H2,1-2H3,(H,20,21)(H2,18,19,22). The van der Waals surface area contributed by atoms with Crippen molar-refractivity contribution in [1.29, 1.82) is 0 Å². The predicted octanol–water partition coefficient (Wildman–Crippen LogP) is 2.06. The van der Waals surface area contributed by atoms with E-state index in [4.69, 9.17) is 9.84 Å². The van der Waals surface area contributed by atoms with Gasteiger partial charge in [0.25, 0.3) is 0 Å². The molecular weight excluding hydrogens is 333 g/mol. The van der Waals surface area contributed by atoms with E-state index in [0.717, 1.165) is 19.1 Å². The van der Waals surface area contributed by atoms with Crippen LogP contribution < -0.4 is 15.4 Å². The molecule has 0 radical (unpaired) electrons. The van der Waals surface area contributed by atoms with Crippen LogP contribution in [-0.4, -0.2) is 41.0 Å². The smallest absolute Gasteiger partial charge is 0.418 e. The van der Waals surface area contributed by atoms with E-state index in [9.17, 15) is 27.9 Å². The van der Waals surface area contributed by atoms with Crippen LogP contribution in [0.5, 0.6) is 5.75 Å². The van der Waals surface area contributed by atoms with Gasteiger partial charge in [0.15, 0.2) is 5.60 Å². The zero-order chi connectivity index (χ0) is 18.5. The highest BCUT2D eigenvalue weighted by Gasteiger charge is 2.35. The van der Waals surface area contributed by atoms with Crippen LogP contribution in [0.4, 0.5) is 23.7 Å². The average Bonchev–Trinajstić information content (AvgIpc) is 2.46. The van der Waals surface area contributed by atoms with E-state index in [-0.39, 0.29) is 12.4 Å². The molecule has 0 saturated heterocycles. The van der Waals surface area contributed by atoms with Gasteiger partial charge in [-0.15, -0.1) is 0 Å². The Labute approximate surface area is 135 Å². The van der Waals surface area contributed by atoms with Crippen LogP contribution in [0.2, 0.25) is 0 Å². The number of nitrogens with one attached hydrogen (secondary N) is 2.